The predicted octanol–water partition coefficient (Wildman–Crippen LogP) is 3.49. The zero-order valence-corrected chi connectivity index (χ0v) is 20.0. The molecule has 4 aromatic rings. The number of rotatable bonds is 11. The summed E-state index contributed by atoms with van der Waals surface area (Å²) < 4.78 is 1.99. The topological polar surface area (TPSA) is 127 Å². The van der Waals surface area contributed by atoms with Crippen LogP contribution in [0.5, 0.6) is 0 Å². The van der Waals surface area contributed by atoms with Crippen molar-refractivity contribution in [2.24, 2.45) is 0 Å². The second-order valence-electron chi connectivity index (χ2n) is 8.21. The first-order valence-corrected chi connectivity index (χ1v) is 11.7. The molecule has 0 spiro atoms. The van der Waals surface area contributed by atoms with Crippen LogP contribution in [0, 0.1) is 0 Å². The maximum absolute atomic E-state index is 12.3. The molecule has 0 fully saturated rings. The number of aromatic nitrogens is 5. The minimum absolute atomic E-state index is 0.0165. The highest BCUT2D eigenvalue weighted by molar-refractivity contribution is 6.04. The van der Waals surface area contributed by atoms with Crippen molar-refractivity contribution in [3.63, 3.8) is 0 Å². The van der Waals surface area contributed by atoms with Crippen LogP contribution in [0.15, 0.2) is 79.8 Å². The summed E-state index contributed by atoms with van der Waals surface area (Å²) in [5, 5.41) is 9.58. The molecule has 1 aromatic carbocycles. The molecule has 0 aliphatic carbocycles. The zero-order chi connectivity index (χ0) is 25.2. The minimum Gasteiger partial charge on any atom is -0.363 e. The number of hydrogen-bond acceptors (Lipinski definition) is 7. The van der Waals surface area contributed by atoms with Gasteiger partial charge in [-0.1, -0.05) is 30.3 Å². The van der Waals surface area contributed by atoms with Gasteiger partial charge in [-0.2, -0.15) is 0 Å². The van der Waals surface area contributed by atoms with Gasteiger partial charge in [-0.25, -0.2) is 19.9 Å². The lowest BCUT2D eigenvalue weighted by Crippen LogP contribution is -2.23. The molecule has 3 N–H and O–H groups in total. The van der Waals surface area contributed by atoms with E-state index in [1.54, 1.807) is 24.8 Å². The number of pyridine rings is 1. The summed E-state index contributed by atoms with van der Waals surface area (Å²) in [5.41, 5.74) is 1.77. The van der Waals surface area contributed by atoms with E-state index in [1.807, 2.05) is 48.0 Å². The Labute approximate surface area is 208 Å². The van der Waals surface area contributed by atoms with Crippen LogP contribution < -0.4 is 16.0 Å². The number of benzene rings is 1. The Morgan fingerprint density at radius 2 is 1.89 bits per heavy atom. The number of aryl methyl sites for hydroxylation is 1. The van der Waals surface area contributed by atoms with Gasteiger partial charge in [0, 0.05) is 49.1 Å². The molecule has 3 aromatic heterocycles. The van der Waals surface area contributed by atoms with Crippen molar-refractivity contribution >= 4 is 34.4 Å². The minimum atomic E-state index is -0.457. The fraction of sp³-hybridized carbons (Fsp3) is 0.231. The average molecular weight is 485 g/mol. The molecule has 0 aliphatic heterocycles. The third kappa shape index (κ3) is 6.95. The molecule has 0 saturated heterocycles. The third-order valence-corrected chi connectivity index (χ3v) is 5.51. The molecular weight excluding hydrogens is 456 g/mol. The summed E-state index contributed by atoms with van der Waals surface area (Å²) in [5.74, 6) is 0.189. The predicted molar refractivity (Wildman–Crippen MR) is 138 cm³/mol. The summed E-state index contributed by atoms with van der Waals surface area (Å²) in [6.45, 7) is 3.42. The van der Waals surface area contributed by atoms with Gasteiger partial charge >= 0.3 is 0 Å². The van der Waals surface area contributed by atoms with E-state index < -0.39 is 5.91 Å². The normalized spacial score (nSPS) is 11.9. The van der Waals surface area contributed by atoms with Crippen molar-refractivity contribution in [3.8, 4) is 0 Å². The third-order valence-electron chi connectivity index (χ3n) is 5.51. The van der Waals surface area contributed by atoms with Gasteiger partial charge in [-0.15, -0.1) is 0 Å². The van der Waals surface area contributed by atoms with E-state index in [2.05, 4.69) is 35.9 Å². The monoisotopic (exact) mass is 484 g/mol. The molecule has 36 heavy (non-hydrogen) atoms. The molecule has 2 amide bonds. The molecule has 0 radical (unpaired) electrons. The van der Waals surface area contributed by atoms with Gasteiger partial charge in [0.1, 0.15) is 18.0 Å². The van der Waals surface area contributed by atoms with Gasteiger partial charge in [0.05, 0.1) is 18.0 Å². The van der Waals surface area contributed by atoms with Gasteiger partial charge in [0.2, 0.25) is 11.8 Å². The van der Waals surface area contributed by atoms with E-state index in [4.69, 9.17) is 0 Å². The van der Waals surface area contributed by atoms with E-state index >= 15 is 0 Å². The zero-order valence-electron chi connectivity index (χ0n) is 20.0. The fourth-order valence-electron chi connectivity index (χ4n) is 3.60. The highest BCUT2D eigenvalue weighted by atomic mass is 16.2. The second-order valence-corrected chi connectivity index (χ2v) is 8.21. The number of nitrogens with zero attached hydrogens (tertiary/aromatic N) is 5. The first-order valence-electron chi connectivity index (χ1n) is 11.7. The molecule has 10 nitrogen and oxygen atoms in total. The number of carbonyl (C=O) groups is 2. The molecule has 1 atom stereocenters. The molecule has 0 bridgehead atoms. The van der Waals surface area contributed by atoms with Crippen molar-refractivity contribution in [2.45, 2.75) is 32.4 Å². The SMILES string of the molecule is CC(Nc1ncnc2cnc(NC(=O)/C=C/C(=O)NCCCCn3ccnc3)cc12)c1ccccc1. The maximum Gasteiger partial charge on any atom is 0.249 e. The number of nitrogens with one attached hydrogen (secondary N) is 3. The van der Waals surface area contributed by atoms with E-state index in [1.165, 1.54) is 18.5 Å². The Bertz CT molecular complexity index is 1320. The highest BCUT2D eigenvalue weighted by Gasteiger charge is 2.11. The number of amides is 2. The first kappa shape index (κ1) is 24.5. The van der Waals surface area contributed by atoms with Crippen LogP contribution in [-0.2, 0) is 16.1 Å². The highest BCUT2D eigenvalue weighted by Crippen LogP contribution is 2.25. The molecule has 10 heteroatoms. The molecule has 0 saturated carbocycles. The lowest BCUT2D eigenvalue weighted by Gasteiger charge is -2.16. The van der Waals surface area contributed by atoms with Crippen LogP contribution in [0.3, 0.4) is 0 Å². The van der Waals surface area contributed by atoms with Crippen molar-refractivity contribution in [3.05, 3.63) is 85.4 Å². The van der Waals surface area contributed by atoms with Gasteiger partial charge in [0.15, 0.2) is 0 Å². The number of anilines is 2. The lowest BCUT2D eigenvalue weighted by atomic mass is 10.1. The summed E-state index contributed by atoms with van der Waals surface area (Å²) >= 11 is 0. The smallest absolute Gasteiger partial charge is 0.249 e. The Kier molecular flexibility index (Phi) is 8.31. The molecule has 3 heterocycles. The standard InChI is InChI=1S/C26H28N8O2/c1-19(20-7-3-2-4-8-20)32-26-21-15-23(29-16-22(21)30-17-31-26)33-25(36)10-9-24(35)28-11-5-6-13-34-14-12-27-18-34/h2-4,7-10,12,14-19H,5-6,11,13H2,1H3,(H,28,35)(H,29,33,36)(H,30,31,32)/b10-9+. The Hall–Kier alpha value is -4.60. The lowest BCUT2D eigenvalue weighted by molar-refractivity contribution is -0.117. The fourth-order valence-corrected chi connectivity index (χ4v) is 3.60. The van der Waals surface area contributed by atoms with E-state index in [-0.39, 0.29) is 11.9 Å². The average Bonchev–Trinajstić information content (AvgIpc) is 3.42. The first-order chi connectivity index (χ1) is 17.6. The summed E-state index contributed by atoms with van der Waals surface area (Å²) in [7, 11) is 0. The van der Waals surface area contributed by atoms with Gasteiger partial charge in [-0.3, -0.25) is 9.59 Å². The van der Waals surface area contributed by atoms with Crippen molar-refractivity contribution in [1.82, 2.24) is 29.8 Å². The van der Waals surface area contributed by atoms with Gasteiger partial charge in [-0.05, 0) is 31.4 Å². The number of fused-ring (bicyclic) bond motifs is 1. The maximum atomic E-state index is 12.3. The van der Waals surface area contributed by atoms with Crippen LogP contribution in [0.2, 0.25) is 0 Å². The van der Waals surface area contributed by atoms with Crippen LogP contribution in [0.1, 0.15) is 31.4 Å². The van der Waals surface area contributed by atoms with E-state index in [0.29, 0.717) is 23.7 Å². The van der Waals surface area contributed by atoms with Crippen LogP contribution in [0.25, 0.3) is 10.9 Å². The number of unbranched alkanes of at least 4 members (excludes halogenated alkanes) is 1. The van der Waals surface area contributed by atoms with Crippen LogP contribution >= 0.6 is 0 Å². The summed E-state index contributed by atoms with van der Waals surface area (Å²) in [6.07, 6.45) is 12.6. The second kappa shape index (κ2) is 12.2. The molecule has 4 rings (SSSR count). The quantitative estimate of drug-likeness (QED) is 0.220. The number of hydrogen-bond donors (Lipinski definition) is 3. The number of imidazole rings is 1. The van der Waals surface area contributed by atoms with E-state index in [9.17, 15) is 9.59 Å². The van der Waals surface area contributed by atoms with Crippen molar-refractivity contribution in [2.75, 3.05) is 17.2 Å². The summed E-state index contributed by atoms with van der Waals surface area (Å²) in [6, 6.07) is 11.8. The molecule has 184 valence electrons. The molecule has 0 aliphatic rings. The van der Waals surface area contributed by atoms with Gasteiger partial charge < -0.3 is 20.5 Å². The van der Waals surface area contributed by atoms with Gasteiger partial charge in [0.25, 0.3) is 0 Å². The molecular formula is C26H28N8O2. The Morgan fingerprint density at radius 3 is 2.69 bits per heavy atom. The van der Waals surface area contributed by atoms with Crippen LogP contribution in [-0.4, -0.2) is 42.9 Å². The summed E-state index contributed by atoms with van der Waals surface area (Å²) in [4.78, 5) is 41.2. The van der Waals surface area contributed by atoms with Crippen LogP contribution in [0.4, 0.5) is 11.6 Å². The number of carbonyl (C=O) groups excluding carboxylic acids is 2. The van der Waals surface area contributed by atoms with Crippen molar-refractivity contribution in [1.29, 1.82) is 0 Å². The van der Waals surface area contributed by atoms with Crippen molar-refractivity contribution < 1.29 is 9.59 Å². The van der Waals surface area contributed by atoms with E-state index in [0.717, 1.165) is 30.3 Å². The Balaban J connectivity index is 1.30. The molecule has 1 unspecified atom stereocenters. The Morgan fingerprint density at radius 1 is 1.06 bits per heavy atom. The largest absolute Gasteiger partial charge is 0.363 e.